The molecular formula is C11H20N2O3. The Hall–Kier alpha value is -0.650. The van der Waals surface area contributed by atoms with E-state index in [0.717, 1.165) is 32.5 Å². The van der Waals surface area contributed by atoms with Crippen molar-refractivity contribution in [2.75, 3.05) is 39.9 Å². The molecule has 0 aromatic rings. The first-order valence-corrected chi connectivity index (χ1v) is 5.96. The first-order valence-electron chi connectivity index (χ1n) is 5.96. The van der Waals surface area contributed by atoms with Gasteiger partial charge in [-0.3, -0.25) is 4.79 Å². The lowest BCUT2D eigenvalue weighted by molar-refractivity contribution is -0.141. The van der Waals surface area contributed by atoms with Gasteiger partial charge in [-0.2, -0.15) is 0 Å². The molecule has 2 aliphatic heterocycles. The Balaban J connectivity index is 1.77. The Morgan fingerprint density at radius 3 is 2.94 bits per heavy atom. The molecule has 0 radical (unpaired) electrons. The summed E-state index contributed by atoms with van der Waals surface area (Å²) in [5.41, 5.74) is 0. The molecule has 2 saturated heterocycles. The minimum absolute atomic E-state index is 0.0895. The third kappa shape index (κ3) is 2.93. The monoisotopic (exact) mass is 228 g/mol. The predicted octanol–water partition coefficient (Wildman–Crippen LogP) is -0.388. The van der Waals surface area contributed by atoms with E-state index in [1.165, 1.54) is 0 Å². The van der Waals surface area contributed by atoms with Gasteiger partial charge >= 0.3 is 0 Å². The van der Waals surface area contributed by atoms with Gasteiger partial charge in [-0.05, 0) is 12.8 Å². The number of nitrogens with one attached hydrogen (secondary N) is 1. The molecule has 92 valence electrons. The van der Waals surface area contributed by atoms with Gasteiger partial charge < -0.3 is 19.7 Å². The average Bonchev–Trinajstić information content (AvgIpc) is 2.83. The van der Waals surface area contributed by atoms with Crippen molar-refractivity contribution in [2.45, 2.75) is 25.0 Å². The Morgan fingerprint density at radius 2 is 2.31 bits per heavy atom. The van der Waals surface area contributed by atoms with Crippen LogP contribution in [0.5, 0.6) is 0 Å². The topological polar surface area (TPSA) is 50.8 Å². The number of hydrogen-bond donors (Lipinski definition) is 1. The zero-order chi connectivity index (χ0) is 11.4. The molecule has 0 aliphatic carbocycles. The molecule has 0 aromatic carbocycles. The molecule has 0 aromatic heterocycles. The highest BCUT2D eigenvalue weighted by Crippen LogP contribution is 2.14. The zero-order valence-corrected chi connectivity index (χ0v) is 9.78. The van der Waals surface area contributed by atoms with Gasteiger partial charge in [-0.15, -0.1) is 0 Å². The molecule has 2 fully saturated rings. The van der Waals surface area contributed by atoms with E-state index in [0.29, 0.717) is 13.2 Å². The number of rotatable bonds is 3. The maximum absolute atomic E-state index is 11.9. The second kappa shape index (κ2) is 5.61. The number of morpholine rings is 1. The summed E-state index contributed by atoms with van der Waals surface area (Å²) in [5.74, 6) is 0.0895. The number of hydrogen-bond acceptors (Lipinski definition) is 4. The molecule has 1 N–H and O–H groups in total. The number of ether oxygens (including phenoxy) is 2. The number of carbonyl (C=O) groups excluding carboxylic acids is 1. The molecule has 2 aliphatic rings. The standard InChI is InChI=1S/C11H20N2O3/c1-13(8-9-7-12-4-6-15-9)11(14)10-3-2-5-16-10/h9-10,12H,2-8H2,1H3/t9?,10-/m1/s1. The average molecular weight is 228 g/mol. The molecule has 5 nitrogen and oxygen atoms in total. The highest BCUT2D eigenvalue weighted by Gasteiger charge is 2.28. The van der Waals surface area contributed by atoms with Gasteiger partial charge in [0.1, 0.15) is 6.10 Å². The summed E-state index contributed by atoms with van der Waals surface area (Å²) < 4.78 is 10.9. The number of amides is 1. The van der Waals surface area contributed by atoms with Crippen LogP contribution in [0.3, 0.4) is 0 Å². The van der Waals surface area contributed by atoms with E-state index in [1.54, 1.807) is 4.90 Å². The first-order chi connectivity index (χ1) is 7.77. The molecule has 2 rings (SSSR count). The lowest BCUT2D eigenvalue weighted by Crippen LogP contribution is -2.47. The van der Waals surface area contributed by atoms with Crippen molar-refractivity contribution in [1.82, 2.24) is 10.2 Å². The van der Waals surface area contributed by atoms with Gasteiger partial charge in [-0.1, -0.05) is 0 Å². The summed E-state index contributed by atoms with van der Waals surface area (Å²) in [4.78, 5) is 13.7. The second-order valence-corrected chi connectivity index (χ2v) is 4.42. The van der Waals surface area contributed by atoms with Crippen molar-refractivity contribution in [3.05, 3.63) is 0 Å². The Morgan fingerprint density at radius 1 is 1.44 bits per heavy atom. The van der Waals surface area contributed by atoms with Crippen molar-refractivity contribution in [3.63, 3.8) is 0 Å². The number of nitrogens with zero attached hydrogens (tertiary/aromatic N) is 1. The highest BCUT2D eigenvalue weighted by molar-refractivity contribution is 5.80. The molecule has 0 spiro atoms. The highest BCUT2D eigenvalue weighted by atomic mass is 16.5. The maximum Gasteiger partial charge on any atom is 0.251 e. The smallest absolute Gasteiger partial charge is 0.251 e. The third-order valence-corrected chi connectivity index (χ3v) is 3.06. The van der Waals surface area contributed by atoms with Crippen molar-refractivity contribution < 1.29 is 14.3 Å². The van der Waals surface area contributed by atoms with Crippen molar-refractivity contribution >= 4 is 5.91 Å². The van der Waals surface area contributed by atoms with Crippen LogP contribution in [-0.4, -0.2) is 62.9 Å². The molecule has 1 unspecified atom stereocenters. The molecule has 0 bridgehead atoms. The van der Waals surface area contributed by atoms with E-state index in [2.05, 4.69) is 5.32 Å². The third-order valence-electron chi connectivity index (χ3n) is 3.06. The molecule has 1 amide bonds. The summed E-state index contributed by atoms with van der Waals surface area (Å²) >= 11 is 0. The largest absolute Gasteiger partial charge is 0.374 e. The van der Waals surface area contributed by atoms with Gasteiger partial charge in [0, 0.05) is 33.3 Å². The van der Waals surface area contributed by atoms with Gasteiger partial charge in [0.2, 0.25) is 0 Å². The number of carbonyl (C=O) groups is 1. The van der Waals surface area contributed by atoms with Crippen LogP contribution in [0, 0.1) is 0 Å². The van der Waals surface area contributed by atoms with Gasteiger partial charge in [0.15, 0.2) is 0 Å². The molecule has 2 heterocycles. The quantitative estimate of drug-likeness (QED) is 0.715. The van der Waals surface area contributed by atoms with E-state index in [9.17, 15) is 4.79 Å². The fourth-order valence-electron chi connectivity index (χ4n) is 2.15. The van der Waals surface area contributed by atoms with Gasteiger partial charge in [0.05, 0.1) is 12.7 Å². The molecule has 16 heavy (non-hydrogen) atoms. The Labute approximate surface area is 96.1 Å². The van der Waals surface area contributed by atoms with Crippen LogP contribution >= 0.6 is 0 Å². The second-order valence-electron chi connectivity index (χ2n) is 4.42. The lowest BCUT2D eigenvalue weighted by Gasteiger charge is -2.29. The molecular weight excluding hydrogens is 208 g/mol. The molecule has 2 atom stereocenters. The predicted molar refractivity (Wildman–Crippen MR) is 59.2 cm³/mol. The van der Waals surface area contributed by atoms with E-state index in [-0.39, 0.29) is 18.1 Å². The van der Waals surface area contributed by atoms with Crippen LogP contribution in [0.2, 0.25) is 0 Å². The van der Waals surface area contributed by atoms with Crippen molar-refractivity contribution in [1.29, 1.82) is 0 Å². The minimum atomic E-state index is -0.221. The normalized spacial score (nSPS) is 30.3. The fourth-order valence-corrected chi connectivity index (χ4v) is 2.15. The van der Waals surface area contributed by atoms with Crippen LogP contribution < -0.4 is 5.32 Å². The van der Waals surface area contributed by atoms with Crippen LogP contribution in [0.1, 0.15) is 12.8 Å². The van der Waals surface area contributed by atoms with Gasteiger partial charge in [0.25, 0.3) is 5.91 Å². The van der Waals surface area contributed by atoms with Crippen LogP contribution in [-0.2, 0) is 14.3 Å². The summed E-state index contributed by atoms with van der Waals surface area (Å²) in [7, 11) is 1.82. The first kappa shape index (κ1) is 11.8. The summed E-state index contributed by atoms with van der Waals surface area (Å²) in [6.07, 6.45) is 1.74. The summed E-state index contributed by atoms with van der Waals surface area (Å²) in [5, 5.41) is 3.25. The summed E-state index contributed by atoms with van der Waals surface area (Å²) in [6.45, 7) is 3.81. The maximum atomic E-state index is 11.9. The van der Waals surface area contributed by atoms with Crippen LogP contribution in [0.15, 0.2) is 0 Å². The summed E-state index contributed by atoms with van der Waals surface area (Å²) in [6, 6.07) is 0. The fraction of sp³-hybridized carbons (Fsp3) is 0.909. The Kier molecular flexibility index (Phi) is 4.15. The van der Waals surface area contributed by atoms with Gasteiger partial charge in [-0.25, -0.2) is 0 Å². The van der Waals surface area contributed by atoms with E-state index in [4.69, 9.17) is 9.47 Å². The molecule has 5 heteroatoms. The van der Waals surface area contributed by atoms with E-state index in [1.807, 2.05) is 7.05 Å². The van der Waals surface area contributed by atoms with Crippen LogP contribution in [0.25, 0.3) is 0 Å². The molecule has 0 saturated carbocycles. The zero-order valence-electron chi connectivity index (χ0n) is 9.78. The Bertz CT molecular complexity index is 235. The lowest BCUT2D eigenvalue weighted by atomic mass is 10.2. The number of likely N-dealkylation sites (N-methyl/N-ethyl adjacent to an activating group) is 1. The minimum Gasteiger partial charge on any atom is -0.374 e. The SMILES string of the molecule is CN(CC1CNCCO1)C(=O)[C@H]1CCCO1. The van der Waals surface area contributed by atoms with Crippen LogP contribution in [0.4, 0.5) is 0 Å². The van der Waals surface area contributed by atoms with E-state index >= 15 is 0 Å². The van der Waals surface area contributed by atoms with Crippen molar-refractivity contribution in [3.8, 4) is 0 Å². The van der Waals surface area contributed by atoms with Crippen molar-refractivity contribution in [2.24, 2.45) is 0 Å². The van der Waals surface area contributed by atoms with E-state index < -0.39 is 0 Å².